The number of aliphatic hydroxyl groups is 1. The SMILES string of the molecule is COCCCN1C(=O)C(=O)C(=C(O)c2ccncc2)C1c1cccc(Oc2ccccc2)c1. The standard InChI is InChI=1S/C26H24N2O5/c1-32-16-6-15-28-23(19-7-5-10-21(17-19)33-20-8-3-2-4-9-20)22(25(30)26(28)31)24(29)18-11-13-27-14-12-18/h2-5,7-14,17,23,29H,6,15-16H2,1H3. The first-order valence-corrected chi connectivity index (χ1v) is 10.6. The van der Waals surface area contributed by atoms with Gasteiger partial charge < -0.3 is 19.5 Å². The van der Waals surface area contributed by atoms with Crippen molar-refractivity contribution in [2.45, 2.75) is 12.5 Å². The number of pyridine rings is 1. The summed E-state index contributed by atoms with van der Waals surface area (Å²) < 4.78 is 11.1. The van der Waals surface area contributed by atoms with Crippen LogP contribution in [0.1, 0.15) is 23.6 Å². The number of ketones is 1. The molecule has 3 aromatic rings. The van der Waals surface area contributed by atoms with E-state index in [1.165, 1.54) is 17.3 Å². The van der Waals surface area contributed by atoms with Gasteiger partial charge in [0, 0.05) is 38.2 Å². The summed E-state index contributed by atoms with van der Waals surface area (Å²) in [6.45, 7) is 0.747. The molecule has 1 saturated heterocycles. The van der Waals surface area contributed by atoms with Gasteiger partial charge >= 0.3 is 0 Å². The molecule has 33 heavy (non-hydrogen) atoms. The summed E-state index contributed by atoms with van der Waals surface area (Å²) in [5, 5.41) is 11.0. The molecule has 0 bridgehead atoms. The molecule has 4 rings (SSSR count). The Balaban J connectivity index is 1.77. The Morgan fingerprint density at radius 2 is 1.73 bits per heavy atom. The number of Topliss-reactive ketones (excluding diaryl/α,β-unsaturated/α-hetero) is 1. The van der Waals surface area contributed by atoms with E-state index in [2.05, 4.69) is 4.98 Å². The molecule has 168 valence electrons. The Bertz CT molecular complexity index is 1160. The van der Waals surface area contributed by atoms with E-state index >= 15 is 0 Å². The van der Waals surface area contributed by atoms with Gasteiger partial charge in [-0.05, 0) is 48.4 Å². The number of likely N-dealkylation sites (tertiary alicyclic amines) is 1. The van der Waals surface area contributed by atoms with Crippen LogP contribution in [-0.2, 0) is 14.3 Å². The minimum absolute atomic E-state index is 0.0421. The highest BCUT2D eigenvalue weighted by Crippen LogP contribution is 2.40. The quantitative estimate of drug-likeness (QED) is 0.241. The predicted octanol–water partition coefficient (Wildman–Crippen LogP) is 4.33. The minimum Gasteiger partial charge on any atom is -0.507 e. The van der Waals surface area contributed by atoms with Gasteiger partial charge in [-0.25, -0.2) is 0 Å². The zero-order valence-electron chi connectivity index (χ0n) is 18.2. The second kappa shape index (κ2) is 10.1. The van der Waals surface area contributed by atoms with Crippen molar-refractivity contribution >= 4 is 17.4 Å². The fourth-order valence-electron chi connectivity index (χ4n) is 3.87. The van der Waals surface area contributed by atoms with Crippen LogP contribution in [0.5, 0.6) is 11.5 Å². The van der Waals surface area contributed by atoms with E-state index in [1.54, 1.807) is 37.4 Å². The maximum absolute atomic E-state index is 13.0. The van der Waals surface area contributed by atoms with E-state index in [1.807, 2.05) is 36.4 Å². The highest BCUT2D eigenvalue weighted by Gasteiger charge is 2.45. The van der Waals surface area contributed by atoms with E-state index in [0.717, 1.165) is 0 Å². The van der Waals surface area contributed by atoms with Crippen molar-refractivity contribution in [3.05, 3.63) is 95.8 Å². The summed E-state index contributed by atoms with van der Waals surface area (Å²) in [5.41, 5.74) is 1.12. The zero-order chi connectivity index (χ0) is 23.2. The molecule has 0 spiro atoms. The Morgan fingerprint density at radius 1 is 1.00 bits per heavy atom. The largest absolute Gasteiger partial charge is 0.507 e. The number of para-hydroxylation sites is 1. The lowest BCUT2D eigenvalue weighted by molar-refractivity contribution is -0.140. The maximum Gasteiger partial charge on any atom is 0.295 e. The average molecular weight is 444 g/mol. The fraction of sp³-hybridized carbons (Fsp3) is 0.192. The van der Waals surface area contributed by atoms with Crippen molar-refractivity contribution in [2.24, 2.45) is 0 Å². The van der Waals surface area contributed by atoms with Crippen LogP contribution >= 0.6 is 0 Å². The normalized spacial score (nSPS) is 17.4. The van der Waals surface area contributed by atoms with Gasteiger partial charge in [0.1, 0.15) is 17.3 Å². The molecule has 1 aromatic heterocycles. The lowest BCUT2D eigenvalue weighted by atomic mass is 9.95. The first-order chi connectivity index (χ1) is 16.1. The van der Waals surface area contributed by atoms with Crippen LogP contribution in [0.2, 0.25) is 0 Å². The lowest BCUT2D eigenvalue weighted by Gasteiger charge is -2.25. The average Bonchev–Trinajstić information content (AvgIpc) is 3.10. The van der Waals surface area contributed by atoms with Gasteiger partial charge in [0.25, 0.3) is 11.7 Å². The number of methoxy groups -OCH3 is 1. The molecule has 2 aromatic carbocycles. The summed E-state index contributed by atoms with van der Waals surface area (Å²) in [4.78, 5) is 31.4. The molecule has 7 heteroatoms. The van der Waals surface area contributed by atoms with Crippen molar-refractivity contribution in [1.29, 1.82) is 0 Å². The number of hydrogen-bond donors (Lipinski definition) is 1. The van der Waals surface area contributed by atoms with Crippen LogP contribution in [0.4, 0.5) is 0 Å². The Labute approximate surface area is 191 Å². The number of ether oxygens (including phenoxy) is 2. The summed E-state index contributed by atoms with van der Waals surface area (Å²) in [5.74, 6) is -0.378. The van der Waals surface area contributed by atoms with Gasteiger partial charge in [-0.15, -0.1) is 0 Å². The number of aliphatic hydroxyl groups excluding tert-OH is 1. The van der Waals surface area contributed by atoms with Gasteiger partial charge in [-0.2, -0.15) is 0 Å². The number of rotatable bonds is 8. The Kier molecular flexibility index (Phi) is 6.80. The van der Waals surface area contributed by atoms with Crippen molar-refractivity contribution in [3.63, 3.8) is 0 Å². The number of nitrogens with zero attached hydrogens (tertiary/aromatic N) is 2. The van der Waals surface area contributed by atoms with Gasteiger partial charge in [0.05, 0.1) is 11.6 Å². The molecule has 0 aliphatic carbocycles. The smallest absolute Gasteiger partial charge is 0.295 e. The molecule has 0 saturated carbocycles. The highest BCUT2D eigenvalue weighted by atomic mass is 16.5. The highest BCUT2D eigenvalue weighted by molar-refractivity contribution is 6.46. The summed E-state index contributed by atoms with van der Waals surface area (Å²) >= 11 is 0. The van der Waals surface area contributed by atoms with Gasteiger partial charge in [-0.3, -0.25) is 14.6 Å². The van der Waals surface area contributed by atoms with Gasteiger partial charge in [0.2, 0.25) is 0 Å². The van der Waals surface area contributed by atoms with Crippen LogP contribution in [0.15, 0.2) is 84.7 Å². The molecule has 2 heterocycles. The summed E-state index contributed by atoms with van der Waals surface area (Å²) in [7, 11) is 1.58. The molecule has 7 nitrogen and oxygen atoms in total. The third-order valence-corrected chi connectivity index (χ3v) is 5.39. The number of benzene rings is 2. The van der Waals surface area contributed by atoms with Crippen molar-refractivity contribution in [3.8, 4) is 11.5 Å². The number of amides is 1. The van der Waals surface area contributed by atoms with Crippen LogP contribution in [0, 0.1) is 0 Å². The lowest BCUT2D eigenvalue weighted by Crippen LogP contribution is -2.31. The Morgan fingerprint density at radius 3 is 2.45 bits per heavy atom. The van der Waals surface area contributed by atoms with Crippen molar-refractivity contribution < 1.29 is 24.2 Å². The van der Waals surface area contributed by atoms with Crippen LogP contribution in [-0.4, -0.2) is 46.9 Å². The third kappa shape index (κ3) is 4.78. The molecule has 1 unspecified atom stereocenters. The maximum atomic E-state index is 13.0. The molecule has 1 aliphatic heterocycles. The molecule has 1 N–H and O–H groups in total. The van der Waals surface area contributed by atoms with Gasteiger partial charge in [-0.1, -0.05) is 30.3 Å². The number of hydrogen-bond acceptors (Lipinski definition) is 6. The first-order valence-electron chi connectivity index (χ1n) is 10.6. The molecule has 1 fully saturated rings. The van der Waals surface area contributed by atoms with Crippen LogP contribution in [0.25, 0.3) is 5.76 Å². The first kappa shape index (κ1) is 22.2. The molecule has 1 aliphatic rings. The number of carbonyl (C=O) groups excluding carboxylic acids is 2. The second-order valence-electron chi connectivity index (χ2n) is 7.56. The molecular formula is C26H24N2O5. The second-order valence-corrected chi connectivity index (χ2v) is 7.56. The van der Waals surface area contributed by atoms with Gasteiger partial charge in [0.15, 0.2) is 0 Å². The van der Waals surface area contributed by atoms with Crippen LogP contribution < -0.4 is 4.74 Å². The van der Waals surface area contributed by atoms with E-state index in [-0.39, 0.29) is 11.3 Å². The Hall–Kier alpha value is -3.97. The number of carbonyl (C=O) groups is 2. The summed E-state index contributed by atoms with van der Waals surface area (Å²) in [6.07, 6.45) is 3.59. The van der Waals surface area contributed by atoms with Crippen molar-refractivity contribution in [2.75, 3.05) is 20.3 Å². The van der Waals surface area contributed by atoms with E-state index in [4.69, 9.17) is 9.47 Å². The van der Waals surface area contributed by atoms with Crippen LogP contribution in [0.3, 0.4) is 0 Å². The van der Waals surface area contributed by atoms with E-state index in [9.17, 15) is 14.7 Å². The molecule has 1 atom stereocenters. The predicted molar refractivity (Wildman–Crippen MR) is 123 cm³/mol. The fourth-order valence-corrected chi connectivity index (χ4v) is 3.87. The molecule has 0 radical (unpaired) electrons. The summed E-state index contributed by atoms with van der Waals surface area (Å²) in [6, 6.07) is 19.0. The minimum atomic E-state index is -0.755. The molecular weight excluding hydrogens is 420 g/mol. The number of aromatic nitrogens is 1. The van der Waals surface area contributed by atoms with E-state index in [0.29, 0.717) is 42.2 Å². The van der Waals surface area contributed by atoms with Crippen molar-refractivity contribution in [1.82, 2.24) is 9.88 Å². The topological polar surface area (TPSA) is 89.0 Å². The monoisotopic (exact) mass is 444 g/mol. The molecule has 1 amide bonds. The van der Waals surface area contributed by atoms with E-state index < -0.39 is 17.7 Å². The third-order valence-electron chi connectivity index (χ3n) is 5.39. The zero-order valence-corrected chi connectivity index (χ0v) is 18.2.